The molecule has 0 radical (unpaired) electrons. The molecule has 1 fully saturated rings. The zero-order chi connectivity index (χ0) is 13.2. The van der Waals surface area contributed by atoms with Crippen LogP contribution in [0.2, 0.25) is 0 Å². The monoisotopic (exact) mass is 251 g/mol. The molecule has 0 atom stereocenters. The first-order chi connectivity index (χ1) is 8.77. The third kappa shape index (κ3) is 5.19. The fraction of sp³-hybridized carbons (Fsp3) is 0.692. The third-order valence-electron chi connectivity index (χ3n) is 2.88. The van der Waals surface area contributed by atoms with Crippen LogP contribution in [-0.4, -0.2) is 44.2 Å². The number of amides is 1. The molecule has 1 aliphatic heterocycles. The Morgan fingerprint density at radius 3 is 2.78 bits per heavy atom. The van der Waals surface area contributed by atoms with Gasteiger partial charge in [0.15, 0.2) is 0 Å². The van der Waals surface area contributed by atoms with Gasteiger partial charge in [-0.15, -0.1) is 0 Å². The van der Waals surface area contributed by atoms with Crippen LogP contribution >= 0.6 is 0 Å². The molecular formula is C13H21N3O2. The smallest absolute Gasteiger partial charge is 0.263 e. The Hall–Kier alpha value is -1.54. The summed E-state index contributed by atoms with van der Waals surface area (Å²) in [7, 11) is 1.62. The van der Waals surface area contributed by atoms with E-state index < -0.39 is 0 Å². The Kier molecular flexibility index (Phi) is 6.89. The molecule has 1 saturated heterocycles. The van der Waals surface area contributed by atoms with Crippen molar-refractivity contribution in [1.82, 2.24) is 10.2 Å². The molecule has 0 aromatic rings. The maximum Gasteiger partial charge on any atom is 0.263 e. The van der Waals surface area contributed by atoms with Gasteiger partial charge in [0.25, 0.3) is 5.91 Å². The van der Waals surface area contributed by atoms with Crippen molar-refractivity contribution >= 4 is 5.91 Å². The second-order valence-electron chi connectivity index (χ2n) is 4.35. The number of nitrogens with one attached hydrogen (secondary N) is 1. The van der Waals surface area contributed by atoms with Crippen molar-refractivity contribution in [2.75, 3.05) is 33.4 Å². The minimum absolute atomic E-state index is 0.189. The van der Waals surface area contributed by atoms with Gasteiger partial charge < -0.3 is 15.0 Å². The van der Waals surface area contributed by atoms with Gasteiger partial charge in [0.1, 0.15) is 11.6 Å². The first-order valence-electron chi connectivity index (χ1n) is 6.41. The van der Waals surface area contributed by atoms with E-state index in [1.807, 2.05) is 6.07 Å². The molecule has 1 N–H and O–H groups in total. The van der Waals surface area contributed by atoms with Gasteiger partial charge in [-0.3, -0.25) is 4.79 Å². The first kappa shape index (κ1) is 14.5. The zero-order valence-corrected chi connectivity index (χ0v) is 10.9. The number of hydrogen-bond acceptors (Lipinski definition) is 4. The maximum atomic E-state index is 11.7. The predicted molar refractivity (Wildman–Crippen MR) is 68.6 cm³/mol. The van der Waals surface area contributed by atoms with Gasteiger partial charge in [-0.05, 0) is 25.7 Å². The average Bonchev–Trinajstić information content (AvgIpc) is 2.42. The maximum absolute atomic E-state index is 11.7. The summed E-state index contributed by atoms with van der Waals surface area (Å²) in [5, 5.41) is 11.7. The SMILES string of the molecule is COCCCNC(=O)/C(C#N)=C\N1CCCCC1. The van der Waals surface area contributed by atoms with Crippen molar-refractivity contribution in [2.24, 2.45) is 0 Å². The molecule has 1 amide bonds. The van der Waals surface area contributed by atoms with E-state index in [0.29, 0.717) is 13.2 Å². The number of rotatable bonds is 6. The van der Waals surface area contributed by atoms with Crippen LogP contribution in [0.15, 0.2) is 11.8 Å². The number of likely N-dealkylation sites (tertiary alicyclic amines) is 1. The number of nitrogens with zero attached hydrogens (tertiary/aromatic N) is 2. The summed E-state index contributed by atoms with van der Waals surface area (Å²) in [6.07, 6.45) is 5.93. The van der Waals surface area contributed by atoms with E-state index in [2.05, 4.69) is 10.2 Å². The number of ether oxygens (including phenoxy) is 1. The van der Waals surface area contributed by atoms with Crippen molar-refractivity contribution in [2.45, 2.75) is 25.7 Å². The minimum atomic E-state index is -0.292. The summed E-state index contributed by atoms with van der Waals surface area (Å²) in [6, 6.07) is 1.97. The summed E-state index contributed by atoms with van der Waals surface area (Å²) >= 11 is 0. The third-order valence-corrected chi connectivity index (χ3v) is 2.88. The summed E-state index contributed by atoms with van der Waals surface area (Å²) in [5.74, 6) is -0.292. The number of carbonyl (C=O) groups excluding carboxylic acids is 1. The molecule has 5 nitrogen and oxygen atoms in total. The van der Waals surface area contributed by atoms with Gasteiger partial charge in [-0.1, -0.05) is 0 Å². The standard InChI is InChI=1S/C13H21N3O2/c1-18-9-5-6-15-13(17)12(10-14)11-16-7-3-2-4-8-16/h11H,2-9H2,1H3,(H,15,17)/b12-11-. The Labute approximate surface area is 108 Å². The second kappa shape index (κ2) is 8.54. The van der Waals surface area contributed by atoms with Crippen molar-refractivity contribution < 1.29 is 9.53 Å². The highest BCUT2D eigenvalue weighted by Crippen LogP contribution is 2.10. The molecule has 0 unspecified atom stereocenters. The summed E-state index contributed by atoms with van der Waals surface area (Å²) in [4.78, 5) is 13.8. The van der Waals surface area contributed by atoms with Gasteiger partial charge in [0.2, 0.25) is 0 Å². The van der Waals surface area contributed by atoms with Crippen LogP contribution < -0.4 is 5.32 Å². The Balaban J connectivity index is 2.41. The van der Waals surface area contributed by atoms with Crippen molar-refractivity contribution in [3.8, 4) is 6.07 Å². The highest BCUT2D eigenvalue weighted by Gasteiger charge is 2.12. The van der Waals surface area contributed by atoms with Crippen molar-refractivity contribution in [3.63, 3.8) is 0 Å². The summed E-state index contributed by atoms with van der Waals surface area (Å²) in [6.45, 7) is 3.01. The van der Waals surface area contributed by atoms with Gasteiger partial charge in [-0.2, -0.15) is 5.26 Å². The van der Waals surface area contributed by atoms with E-state index in [1.165, 1.54) is 6.42 Å². The molecule has 0 spiro atoms. The van der Waals surface area contributed by atoms with Crippen LogP contribution in [0.1, 0.15) is 25.7 Å². The van der Waals surface area contributed by atoms with E-state index in [-0.39, 0.29) is 11.5 Å². The fourth-order valence-corrected chi connectivity index (χ4v) is 1.88. The summed E-state index contributed by atoms with van der Waals surface area (Å²) in [5.41, 5.74) is 0.189. The number of hydrogen-bond donors (Lipinski definition) is 1. The molecule has 0 aliphatic carbocycles. The summed E-state index contributed by atoms with van der Waals surface area (Å²) < 4.78 is 4.89. The molecule has 1 aliphatic rings. The van der Waals surface area contributed by atoms with Gasteiger partial charge in [0.05, 0.1) is 0 Å². The molecule has 0 aromatic carbocycles. The van der Waals surface area contributed by atoms with Crippen molar-refractivity contribution in [1.29, 1.82) is 5.26 Å². The Morgan fingerprint density at radius 2 is 2.17 bits per heavy atom. The number of nitriles is 1. The molecule has 1 rings (SSSR count). The largest absolute Gasteiger partial charge is 0.385 e. The molecule has 100 valence electrons. The van der Waals surface area contributed by atoms with Crippen LogP contribution in [-0.2, 0) is 9.53 Å². The molecule has 5 heteroatoms. The van der Waals surface area contributed by atoms with Crippen molar-refractivity contribution in [3.05, 3.63) is 11.8 Å². The van der Waals surface area contributed by atoms with E-state index in [4.69, 9.17) is 10.00 Å². The molecule has 0 bridgehead atoms. The van der Waals surface area contributed by atoms with Crippen LogP contribution in [0.4, 0.5) is 0 Å². The highest BCUT2D eigenvalue weighted by atomic mass is 16.5. The molecular weight excluding hydrogens is 230 g/mol. The van der Waals surface area contributed by atoms with Crippen LogP contribution in [0.5, 0.6) is 0 Å². The lowest BCUT2D eigenvalue weighted by atomic mass is 10.1. The quantitative estimate of drug-likeness (QED) is 0.435. The van der Waals surface area contributed by atoms with E-state index >= 15 is 0 Å². The first-order valence-corrected chi connectivity index (χ1v) is 6.41. The zero-order valence-electron chi connectivity index (χ0n) is 10.9. The number of carbonyl (C=O) groups is 1. The molecule has 18 heavy (non-hydrogen) atoms. The lowest BCUT2D eigenvalue weighted by Gasteiger charge is -2.25. The fourth-order valence-electron chi connectivity index (χ4n) is 1.88. The predicted octanol–water partition coefficient (Wildman–Crippen LogP) is 1.03. The molecule has 1 heterocycles. The van der Waals surface area contributed by atoms with E-state index in [9.17, 15) is 4.79 Å². The van der Waals surface area contributed by atoms with Gasteiger partial charge >= 0.3 is 0 Å². The van der Waals surface area contributed by atoms with Crippen LogP contribution in [0, 0.1) is 11.3 Å². The topological polar surface area (TPSA) is 65.4 Å². The lowest BCUT2D eigenvalue weighted by Crippen LogP contribution is -2.30. The molecule has 0 aromatic heterocycles. The Morgan fingerprint density at radius 1 is 1.44 bits per heavy atom. The van der Waals surface area contributed by atoms with Crippen LogP contribution in [0.3, 0.4) is 0 Å². The lowest BCUT2D eigenvalue weighted by molar-refractivity contribution is -0.117. The normalized spacial score (nSPS) is 16.2. The molecule has 0 saturated carbocycles. The van der Waals surface area contributed by atoms with Gasteiger partial charge in [-0.25, -0.2) is 0 Å². The highest BCUT2D eigenvalue weighted by molar-refractivity contribution is 5.97. The van der Waals surface area contributed by atoms with Gasteiger partial charge in [0, 0.05) is 39.6 Å². The Bertz CT molecular complexity index is 328. The van der Waals surface area contributed by atoms with Crippen LogP contribution in [0.25, 0.3) is 0 Å². The number of methoxy groups -OCH3 is 1. The van der Waals surface area contributed by atoms with E-state index in [1.54, 1.807) is 13.3 Å². The second-order valence-corrected chi connectivity index (χ2v) is 4.35. The average molecular weight is 251 g/mol. The van der Waals surface area contributed by atoms with E-state index in [0.717, 1.165) is 32.4 Å². The minimum Gasteiger partial charge on any atom is -0.385 e. The number of piperidine rings is 1.